The van der Waals surface area contributed by atoms with Crippen molar-refractivity contribution in [1.29, 1.82) is 0 Å². The number of urea groups is 1. The first-order valence-electron chi connectivity index (χ1n) is 10.4. The van der Waals surface area contributed by atoms with Crippen LogP contribution in [0.15, 0.2) is 54.6 Å². The van der Waals surface area contributed by atoms with Crippen molar-refractivity contribution >= 4 is 29.6 Å². The van der Waals surface area contributed by atoms with Gasteiger partial charge in [0.05, 0.1) is 46.9 Å². The number of amides is 2. The van der Waals surface area contributed by atoms with Gasteiger partial charge in [0.1, 0.15) is 11.5 Å². The molecule has 2 N–H and O–H groups in total. The lowest BCUT2D eigenvalue weighted by Gasteiger charge is -2.14. The third kappa shape index (κ3) is 5.72. The van der Waals surface area contributed by atoms with Crippen LogP contribution in [0.2, 0.25) is 0 Å². The average Bonchev–Trinajstić information content (AvgIpc) is 2.87. The SMILES string of the molecule is COc1ccccc1NC(=O)Nc1cc(/C=C\c2cc(OC)c(OC)c(OC)c2)ccc1OC. The van der Waals surface area contributed by atoms with Crippen LogP contribution in [0.1, 0.15) is 11.1 Å². The first kappa shape index (κ1) is 24.3. The van der Waals surface area contributed by atoms with E-state index in [1.807, 2.05) is 48.6 Å². The van der Waals surface area contributed by atoms with Crippen LogP contribution in [-0.2, 0) is 0 Å². The summed E-state index contributed by atoms with van der Waals surface area (Å²) in [6.45, 7) is 0. The second-order valence-corrected chi connectivity index (χ2v) is 7.03. The zero-order valence-corrected chi connectivity index (χ0v) is 19.8. The smallest absolute Gasteiger partial charge is 0.323 e. The molecule has 0 aromatic heterocycles. The number of anilines is 2. The highest BCUT2D eigenvalue weighted by Gasteiger charge is 2.13. The van der Waals surface area contributed by atoms with Gasteiger partial charge >= 0.3 is 6.03 Å². The molecule has 0 spiro atoms. The van der Waals surface area contributed by atoms with E-state index in [1.54, 1.807) is 53.7 Å². The Balaban J connectivity index is 1.82. The molecule has 0 aliphatic carbocycles. The topological polar surface area (TPSA) is 87.3 Å². The van der Waals surface area contributed by atoms with Gasteiger partial charge < -0.3 is 34.3 Å². The Kier molecular flexibility index (Phi) is 8.23. The third-order valence-corrected chi connectivity index (χ3v) is 4.98. The lowest BCUT2D eigenvalue weighted by molar-refractivity contribution is 0.262. The van der Waals surface area contributed by atoms with Gasteiger partial charge in [0.25, 0.3) is 0 Å². The van der Waals surface area contributed by atoms with Gasteiger partial charge in [-0.25, -0.2) is 4.79 Å². The largest absolute Gasteiger partial charge is 0.495 e. The molecule has 0 bridgehead atoms. The maximum absolute atomic E-state index is 12.6. The van der Waals surface area contributed by atoms with Crippen molar-refractivity contribution in [3.63, 3.8) is 0 Å². The minimum absolute atomic E-state index is 0.423. The zero-order valence-electron chi connectivity index (χ0n) is 19.8. The molecule has 2 amide bonds. The Morgan fingerprint density at radius 2 is 1.18 bits per heavy atom. The minimum Gasteiger partial charge on any atom is -0.495 e. The molecule has 3 aromatic rings. The van der Waals surface area contributed by atoms with Crippen LogP contribution in [-0.4, -0.2) is 41.6 Å². The first-order chi connectivity index (χ1) is 16.5. The number of hydrogen-bond donors (Lipinski definition) is 2. The Morgan fingerprint density at radius 3 is 1.79 bits per heavy atom. The molecule has 0 fully saturated rings. The van der Waals surface area contributed by atoms with E-state index in [9.17, 15) is 4.79 Å². The van der Waals surface area contributed by atoms with Crippen molar-refractivity contribution in [1.82, 2.24) is 0 Å². The Bertz CT molecular complexity index is 1150. The highest BCUT2D eigenvalue weighted by Crippen LogP contribution is 2.38. The van der Waals surface area contributed by atoms with Gasteiger partial charge in [-0.2, -0.15) is 0 Å². The number of rotatable bonds is 9. The molecule has 34 heavy (non-hydrogen) atoms. The number of para-hydroxylation sites is 2. The summed E-state index contributed by atoms with van der Waals surface area (Å²) >= 11 is 0. The summed E-state index contributed by atoms with van der Waals surface area (Å²) in [5.41, 5.74) is 2.78. The van der Waals surface area contributed by atoms with Crippen molar-refractivity contribution in [3.05, 3.63) is 65.7 Å². The number of ether oxygens (including phenoxy) is 5. The van der Waals surface area contributed by atoms with Crippen LogP contribution < -0.4 is 34.3 Å². The molecule has 178 valence electrons. The second kappa shape index (κ2) is 11.5. The van der Waals surface area contributed by atoms with Gasteiger partial charge in [-0.3, -0.25) is 0 Å². The second-order valence-electron chi connectivity index (χ2n) is 7.03. The van der Waals surface area contributed by atoms with Crippen LogP contribution in [0.4, 0.5) is 16.2 Å². The lowest BCUT2D eigenvalue weighted by atomic mass is 10.1. The molecule has 8 heteroatoms. The molecule has 3 rings (SSSR count). The fraction of sp³-hybridized carbons (Fsp3) is 0.192. The predicted molar refractivity (Wildman–Crippen MR) is 134 cm³/mol. The highest BCUT2D eigenvalue weighted by atomic mass is 16.5. The number of benzene rings is 3. The van der Waals surface area contributed by atoms with E-state index in [0.29, 0.717) is 40.1 Å². The van der Waals surface area contributed by atoms with Crippen LogP contribution in [0.25, 0.3) is 12.2 Å². The van der Waals surface area contributed by atoms with Gasteiger partial charge in [0, 0.05) is 0 Å². The number of nitrogens with one attached hydrogen (secondary N) is 2. The third-order valence-electron chi connectivity index (χ3n) is 4.98. The summed E-state index contributed by atoms with van der Waals surface area (Å²) < 4.78 is 26.9. The van der Waals surface area contributed by atoms with E-state index in [4.69, 9.17) is 23.7 Å². The average molecular weight is 465 g/mol. The molecular weight excluding hydrogens is 436 g/mol. The first-order valence-corrected chi connectivity index (χ1v) is 10.4. The highest BCUT2D eigenvalue weighted by molar-refractivity contribution is 6.01. The number of methoxy groups -OCH3 is 5. The minimum atomic E-state index is -0.423. The molecular formula is C26H28N2O6. The van der Waals surface area contributed by atoms with Crippen molar-refractivity contribution in [2.45, 2.75) is 0 Å². The van der Waals surface area contributed by atoms with Gasteiger partial charge in [-0.15, -0.1) is 0 Å². The summed E-state index contributed by atoms with van der Waals surface area (Å²) in [7, 11) is 7.80. The Hall–Kier alpha value is -4.33. The van der Waals surface area contributed by atoms with E-state index < -0.39 is 6.03 Å². The molecule has 0 unspecified atom stereocenters. The molecule has 0 radical (unpaired) electrons. The number of carbonyl (C=O) groups excluding carboxylic acids is 1. The van der Waals surface area contributed by atoms with E-state index >= 15 is 0 Å². The van der Waals surface area contributed by atoms with Crippen LogP contribution in [0.5, 0.6) is 28.7 Å². The predicted octanol–water partition coefficient (Wildman–Crippen LogP) is 5.54. The quantitative estimate of drug-likeness (QED) is 0.404. The zero-order chi connectivity index (χ0) is 24.5. The summed E-state index contributed by atoms with van der Waals surface area (Å²) in [6.07, 6.45) is 3.81. The Labute approximate surface area is 199 Å². The maximum Gasteiger partial charge on any atom is 0.323 e. The van der Waals surface area contributed by atoms with Crippen molar-refractivity contribution in [2.24, 2.45) is 0 Å². The Morgan fingerprint density at radius 1 is 0.618 bits per heavy atom. The molecule has 3 aromatic carbocycles. The van der Waals surface area contributed by atoms with Gasteiger partial charge in [-0.05, 0) is 47.5 Å². The fourth-order valence-corrected chi connectivity index (χ4v) is 3.34. The van der Waals surface area contributed by atoms with Crippen molar-refractivity contribution in [2.75, 3.05) is 46.2 Å². The van der Waals surface area contributed by atoms with Crippen LogP contribution in [0.3, 0.4) is 0 Å². The molecule has 0 heterocycles. The van der Waals surface area contributed by atoms with Crippen LogP contribution in [0, 0.1) is 0 Å². The molecule has 0 saturated carbocycles. The lowest BCUT2D eigenvalue weighted by Crippen LogP contribution is -2.20. The van der Waals surface area contributed by atoms with E-state index in [-0.39, 0.29) is 0 Å². The standard InChI is InChI=1S/C26H28N2O6/c1-30-21-9-7-6-8-19(21)27-26(29)28-20-14-17(12-13-22(20)31-2)10-11-18-15-23(32-3)25(34-5)24(16-18)33-4/h6-16H,1-5H3,(H2,27,28,29)/b11-10-. The van der Waals surface area contributed by atoms with E-state index in [1.165, 1.54) is 0 Å². The van der Waals surface area contributed by atoms with E-state index in [2.05, 4.69) is 10.6 Å². The number of carbonyl (C=O) groups is 1. The van der Waals surface area contributed by atoms with Gasteiger partial charge in [0.2, 0.25) is 5.75 Å². The summed E-state index contributed by atoms with van der Waals surface area (Å²) in [5.74, 6) is 2.74. The van der Waals surface area contributed by atoms with Gasteiger partial charge in [-0.1, -0.05) is 30.4 Å². The van der Waals surface area contributed by atoms with Crippen molar-refractivity contribution < 1.29 is 28.5 Å². The normalized spacial score (nSPS) is 10.5. The maximum atomic E-state index is 12.6. The number of hydrogen-bond acceptors (Lipinski definition) is 6. The van der Waals surface area contributed by atoms with Crippen LogP contribution >= 0.6 is 0 Å². The molecule has 0 atom stereocenters. The molecule has 8 nitrogen and oxygen atoms in total. The summed E-state index contributed by atoms with van der Waals surface area (Å²) in [5, 5.41) is 5.62. The van der Waals surface area contributed by atoms with E-state index in [0.717, 1.165) is 11.1 Å². The molecule has 0 saturated heterocycles. The van der Waals surface area contributed by atoms with Crippen molar-refractivity contribution in [3.8, 4) is 28.7 Å². The van der Waals surface area contributed by atoms with Gasteiger partial charge in [0.15, 0.2) is 11.5 Å². The summed E-state index contributed by atoms with van der Waals surface area (Å²) in [6, 6.07) is 15.9. The molecule has 0 aliphatic rings. The molecule has 0 aliphatic heterocycles. The summed E-state index contributed by atoms with van der Waals surface area (Å²) in [4.78, 5) is 12.6. The fourth-order valence-electron chi connectivity index (χ4n) is 3.34. The monoisotopic (exact) mass is 464 g/mol.